The van der Waals surface area contributed by atoms with Crippen molar-refractivity contribution in [2.75, 3.05) is 31.6 Å². The minimum absolute atomic E-state index is 0.132. The van der Waals surface area contributed by atoms with E-state index in [1.807, 2.05) is 42.5 Å². The van der Waals surface area contributed by atoms with Crippen molar-refractivity contribution in [2.24, 2.45) is 4.99 Å². The molecule has 2 heterocycles. The highest BCUT2D eigenvalue weighted by Crippen LogP contribution is 2.30. The van der Waals surface area contributed by atoms with Crippen molar-refractivity contribution < 1.29 is 14.3 Å². The fourth-order valence-electron chi connectivity index (χ4n) is 3.37. The molecule has 2 aromatic carbocycles. The number of rotatable bonds is 6. The van der Waals surface area contributed by atoms with Crippen LogP contribution in [-0.2, 0) is 4.74 Å². The number of carbonyl (C=O) groups excluding carboxylic acids is 1. The van der Waals surface area contributed by atoms with E-state index in [0.29, 0.717) is 24.7 Å². The second kappa shape index (κ2) is 9.17. The predicted molar refractivity (Wildman–Crippen MR) is 118 cm³/mol. The zero-order valence-corrected chi connectivity index (χ0v) is 17.4. The molecule has 30 heavy (non-hydrogen) atoms. The third kappa shape index (κ3) is 4.91. The van der Waals surface area contributed by atoms with E-state index in [0.717, 1.165) is 42.2 Å². The van der Waals surface area contributed by atoms with Crippen LogP contribution in [0.2, 0.25) is 0 Å². The van der Waals surface area contributed by atoms with Gasteiger partial charge < -0.3 is 20.1 Å². The van der Waals surface area contributed by atoms with E-state index in [2.05, 4.69) is 34.8 Å². The average Bonchev–Trinajstić information content (AvgIpc) is 2.72. The van der Waals surface area contributed by atoms with Crippen LogP contribution in [0.1, 0.15) is 42.1 Å². The molecule has 3 N–H and O–H groups in total. The third-order valence-electron chi connectivity index (χ3n) is 5.09. The molecule has 0 aromatic heterocycles. The zero-order valence-electron chi connectivity index (χ0n) is 17.4. The Morgan fingerprint density at radius 2 is 2.10 bits per heavy atom. The number of aliphatic imine (C=N–C) groups is 1. The van der Waals surface area contributed by atoms with E-state index in [1.165, 1.54) is 0 Å². The summed E-state index contributed by atoms with van der Waals surface area (Å²) < 4.78 is 11.1. The lowest BCUT2D eigenvalue weighted by Crippen LogP contribution is -2.43. The van der Waals surface area contributed by atoms with Gasteiger partial charge in [0.05, 0.1) is 13.2 Å². The maximum Gasteiger partial charge on any atom is 0.257 e. The molecule has 2 aromatic rings. The maximum atomic E-state index is 12.7. The minimum atomic E-state index is -0.158. The summed E-state index contributed by atoms with van der Waals surface area (Å²) in [5.74, 6) is 1.45. The fourth-order valence-corrected chi connectivity index (χ4v) is 3.37. The molecule has 0 radical (unpaired) electrons. The molecule has 0 unspecified atom stereocenters. The fraction of sp³-hybridized carbons (Fsp3) is 0.391. The van der Waals surface area contributed by atoms with Crippen molar-refractivity contribution >= 4 is 23.2 Å². The quantitative estimate of drug-likeness (QED) is 0.682. The lowest BCUT2D eigenvalue weighted by molar-refractivity contribution is -0.0796. The number of hydrogen-bond donors (Lipinski definition) is 3. The minimum Gasteiger partial charge on any atom is -0.486 e. The van der Waals surface area contributed by atoms with Gasteiger partial charge in [0.2, 0.25) is 0 Å². The number of amides is 1. The van der Waals surface area contributed by atoms with Gasteiger partial charge in [-0.2, -0.15) is 0 Å². The number of carbonyl (C=O) groups is 1. The Morgan fingerprint density at radius 3 is 2.80 bits per heavy atom. The van der Waals surface area contributed by atoms with Crippen molar-refractivity contribution in [3.05, 3.63) is 53.6 Å². The average molecular weight is 409 g/mol. The number of guanidine groups is 1. The Bertz CT molecular complexity index is 938. The van der Waals surface area contributed by atoms with Crippen molar-refractivity contribution in [1.29, 1.82) is 0 Å². The van der Waals surface area contributed by atoms with Gasteiger partial charge >= 0.3 is 0 Å². The van der Waals surface area contributed by atoms with Crippen LogP contribution in [0.4, 0.5) is 11.4 Å². The lowest BCUT2D eigenvalue weighted by Gasteiger charge is -2.27. The molecule has 0 aliphatic carbocycles. The van der Waals surface area contributed by atoms with Gasteiger partial charge in [-0.05, 0) is 48.2 Å². The molecule has 1 saturated heterocycles. The van der Waals surface area contributed by atoms with Crippen molar-refractivity contribution in [3.8, 4) is 5.75 Å². The Balaban J connectivity index is 1.50. The smallest absolute Gasteiger partial charge is 0.257 e. The summed E-state index contributed by atoms with van der Waals surface area (Å²) in [6, 6.07) is 13.6. The number of benzene rings is 2. The van der Waals surface area contributed by atoms with Crippen LogP contribution < -0.4 is 20.7 Å². The summed E-state index contributed by atoms with van der Waals surface area (Å²) in [5.41, 5.74) is 3.59. The summed E-state index contributed by atoms with van der Waals surface area (Å²) in [6.45, 7) is 7.08. The van der Waals surface area contributed by atoms with E-state index < -0.39 is 0 Å². The maximum absolute atomic E-state index is 12.7. The van der Waals surface area contributed by atoms with Gasteiger partial charge in [-0.3, -0.25) is 15.1 Å². The summed E-state index contributed by atoms with van der Waals surface area (Å²) in [4.78, 5) is 17.0. The number of anilines is 2. The lowest BCUT2D eigenvalue weighted by atomic mass is 9.98. The van der Waals surface area contributed by atoms with Crippen molar-refractivity contribution in [2.45, 2.75) is 32.3 Å². The van der Waals surface area contributed by atoms with Crippen LogP contribution in [0.25, 0.3) is 0 Å². The molecular weight excluding hydrogens is 380 g/mol. The monoisotopic (exact) mass is 408 g/mol. The van der Waals surface area contributed by atoms with Crippen LogP contribution in [0, 0.1) is 0 Å². The Hall–Kier alpha value is -3.06. The molecule has 7 heteroatoms. The van der Waals surface area contributed by atoms with E-state index in [1.54, 1.807) is 0 Å². The highest BCUT2D eigenvalue weighted by atomic mass is 16.6. The van der Waals surface area contributed by atoms with Crippen LogP contribution in [-0.4, -0.2) is 44.3 Å². The molecule has 0 saturated carbocycles. The van der Waals surface area contributed by atoms with Gasteiger partial charge in [-0.15, -0.1) is 0 Å². The first-order chi connectivity index (χ1) is 14.6. The summed E-state index contributed by atoms with van der Waals surface area (Å²) >= 11 is 0. The zero-order chi connectivity index (χ0) is 20.9. The Morgan fingerprint density at radius 1 is 1.23 bits per heavy atom. The Labute approximate surface area is 176 Å². The van der Waals surface area contributed by atoms with E-state index in [9.17, 15) is 4.79 Å². The van der Waals surface area contributed by atoms with E-state index in [4.69, 9.17) is 9.47 Å². The molecule has 1 amide bonds. The predicted octanol–water partition coefficient (Wildman–Crippen LogP) is 3.41. The number of hydrogen-bond acceptors (Lipinski definition) is 6. The highest BCUT2D eigenvalue weighted by molar-refractivity contribution is 6.06. The van der Waals surface area contributed by atoms with E-state index in [-0.39, 0.29) is 17.9 Å². The number of nitrogens with zero attached hydrogens (tertiary/aromatic N) is 1. The second-order valence-corrected chi connectivity index (χ2v) is 7.85. The normalized spacial score (nSPS) is 16.3. The van der Waals surface area contributed by atoms with Crippen molar-refractivity contribution in [1.82, 2.24) is 10.6 Å². The second-order valence-electron chi connectivity index (χ2n) is 7.85. The standard InChI is InChI=1S/C23H28N4O3/c1-15(2)20-11-16(22(28)27-23-24-9-4-10-25-23)7-8-21(20)26-17-5-3-6-18(12-17)30-19-13-29-14-19/h3,5-8,11-12,15,19,26H,4,9-10,13-14H2,1-2H3,(H2,24,25,27,28). The van der Waals surface area contributed by atoms with Gasteiger partial charge in [0.1, 0.15) is 11.9 Å². The van der Waals surface area contributed by atoms with Gasteiger partial charge in [0.25, 0.3) is 5.91 Å². The van der Waals surface area contributed by atoms with Crippen LogP contribution in [0.5, 0.6) is 5.75 Å². The highest BCUT2D eigenvalue weighted by Gasteiger charge is 2.20. The number of ether oxygens (including phenoxy) is 2. The largest absolute Gasteiger partial charge is 0.486 e. The molecular formula is C23H28N4O3. The molecule has 1 fully saturated rings. The third-order valence-corrected chi connectivity index (χ3v) is 5.09. The van der Waals surface area contributed by atoms with Gasteiger partial charge in [-0.25, -0.2) is 0 Å². The first-order valence-electron chi connectivity index (χ1n) is 10.4. The molecule has 0 bridgehead atoms. The summed E-state index contributed by atoms with van der Waals surface area (Å²) in [7, 11) is 0. The first kappa shape index (κ1) is 20.2. The van der Waals surface area contributed by atoms with Gasteiger partial charge in [0.15, 0.2) is 5.96 Å². The van der Waals surface area contributed by atoms with Crippen molar-refractivity contribution in [3.63, 3.8) is 0 Å². The molecule has 158 valence electrons. The molecule has 7 nitrogen and oxygen atoms in total. The van der Waals surface area contributed by atoms with Gasteiger partial charge in [0, 0.05) is 36.1 Å². The summed E-state index contributed by atoms with van der Waals surface area (Å²) in [6.07, 6.45) is 1.12. The molecule has 4 rings (SSSR count). The van der Waals surface area contributed by atoms with Crippen LogP contribution in [0.15, 0.2) is 47.5 Å². The number of nitrogens with one attached hydrogen (secondary N) is 3. The van der Waals surface area contributed by atoms with Crippen LogP contribution >= 0.6 is 0 Å². The van der Waals surface area contributed by atoms with Gasteiger partial charge in [-0.1, -0.05) is 19.9 Å². The SMILES string of the molecule is CC(C)c1cc(C(=O)NC2=NCCCN2)ccc1Nc1cccc(OC2COC2)c1. The molecule has 2 aliphatic rings. The van der Waals surface area contributed by atoms with Crippen LogP contribution in [0.3, 0.4) is 0 Å². The molecule has 2 aliphatic heterocycles. The topological polar surface area (TPSA) is 84.0 Å². The Kier molecular flexibility index (Phi) is 6.18. The summed E-state index contributed by atoms with van der Waals surface area (Å²) in [5, 5.41) is 9.45. The van der Waals surface area contributed by atoms with E-state index >= 15 is 0 Å². The molecule has 0 atom stereocenters. The first-order valence-corrected chi connectivity index (χ1v) is 10.4. The molecule has 0 spiro atoms.